The standard InChI is InChI=1S/C13H28N4O/c1-3-13(7-4-5-8-13)11-16-12(17-14)15-9-6-10-18-2/h3-11,14H2,1-2H3,(H2,15,16,17). The first kappa shape index (κ1) is 15.2. The third-order valence-electron chi connectivity index (χ3n) is 3.94. The maximum absolute atomic E-state index is 5.48. The number of hydrazine groups is 1. The molecule has 0 aromatic carbocycles. The number of hydrogen-bond acceptors (Lipinski definition) is 3. The maximum atomic E-state index is 5.48. The molecule has 5 heteroatoms. The second-order valence-electron chi connectivity index (χ2n) is 5.14. The Hall–Kier alpha value is -0.810. The summed E-state index contributed by atoms with van der Waals surface area (Å²) >= 11 is 0. The molecule has 0 radical (unpaired) electrons. The molecule has 1 fully saturated rings. The molecule has 0 aromatic heterocycles. The Bertz CT molecular complexity index is 249. The van der Waals surface area contributed by atoms with Crippen LogP contribution in [0.1, 0.15) is 45.4 Å². The van der Waals surface area contributed by atoms with Crippen LogP contribution in [0.4, 0.5) is 0 Å². The summed E-state index contributed by atoms with van der Waals surface area (Å²) in [6, 6.07) is 0. The molecule has 5 nitrogen and oxygen atoms in total. The Kier molecular flexibility index (Phi) is 7.05. The van der Waals surface area contributed by atoms with E-state index in [1.54, 1.807) is 7.11 Å². The van der Waals surface area contributed by atoms with Crippen molar-refractivity contribution in [1.29, 1.82) is 0 Å². The summed E-state index contributed by atoms with van der Waals surface area (Å²) in [5.74, 6) is 6.18. The quantitative estimate of drug-likeness (QED) is 0.212. The highest BCUT2D eigenvalue weighted by Crippen LogP contribution is 2.41. The highest BCUT2D eigenvalue weighted by Gasteiger charge is 2.31. The maximum Gasteiger partial charge on any atom is 0.205 e. The number of nitrogens with one attached hydrogen (secondary N) is 2. The monoisotopic (exact) mass is 256 g/mol. The molecule has 1 rings (SSSR count). The zero-order valence-electron chi connectivity index (χ0n) is 11.8. The Labute approximate surface area is 111 Å². The van der Waals surface area contributed by atoms with Crippen molar-refractivity contribution in [1.82, 2.24) is 10.7 Å². The van der Waals surface area contributed by atoms with Crippen LogP contribution in [0.25, 0.3) is 0 Å². The Balaban J connectivity index is 2.36. The Morgan fingerprint density at radius 1 is 1.39 bits per heavy atom. The van der Waals surface area contributed by atoms with Crippen LogP contribution in [-0.2, 0) is 4.74 Å². The first-order valence-corrected chi connectivity index (χ1v) is 7.00. The number of guanidine groups is 1. The average Bonchev–Trinajstić information content (AvgIpc) is 2.87. The van der Waals surface area contributed by atoms with Crippen molar-refractivity contribution >= 4 is 5.96 Å². The van der Waals surface area contributed by atoms with Gasteiger partial charge in [0.2, 0.25) is 5.96 Å². The molecule has 1 aliphatic rings. The van der Waals surface area contributed by atoms with Crippen LogP contribution in [-0.4, -0.2) is 32.8 Å². The van der Waals surface area contributed by atoms with Crippen LogP contribution in [0, 0.1) is 5.41 Å². The normalized spacial score (nSPS) is 18.9. The lowest BCUT2D eigenvalue weighted by Crippen LogP contribution is -2.42. The summed E-state index contributed by atoms with van der Waals surface area (Å²) in [5.41, 5.74) is 3.06. The summed E-state index contributed by atoms with van der Waals surface area (Å²) in [6.45, 7) is 4.72. The molecule has 0 heterocycles. The number of rotatable bonds is 7. The molecule has 0 amide bonds. The van der Waals surface area contributed by atoms with Crippen LogP contribution >= 0.6 is 0 Å². The molecular formula is C13H28N4O. The predicted molar refractivity (Wildman–Crippen MR) is 75.3 cm³/mol. The lowest BCUT2D eigenvalue weighted by Gasteiger charge is -2.25. The van der Waals surface area contributed by atoms with Crippen LogP contribution in [0.3, 0.4) is 0 Å². The van der Waals surface area contributed by atoms with Gasteiger partial charge in [0.05, 0.1) is 0 Å². The highest BCUT2D eigenvalue weighted by molar-refractivity contribution is 5.79. The second kappa shape index (κ2) is 8.32. The fraction of sp³-hybridized carbons (Fsp3) is 0.923. The smallest absolute Gasteiger partial charge is 0.205 e. The Morgan fingerprint density at radius 2 is 2.11 bits per heavy atom. The third kappa shape index (κ3) is 4.82. The zero-order chi connectivity index (χ0) is 13.3. The summed E-state index contributed by atoms with van der Waals surface area (Å²) in [5, 5.41) is 3.20. The summed E-state index contributed by atoms with van der Waals surface area (Å²) in [4.78, 5) is 4.59. The van der Waals surface area contributed by atoms with Crippen LogP contribution < -0.4 is 16.6 Å². The number of hydrogen-bond donors (Lipinski definition) is 3. The van der Waals surface area contributed by atoms with Crippen molar-refractivity contribution in [2.75, 3.05) is 26.8 Å². The molecule has 0 unspecified atom stereocenters. The predicted octanol–water partition coefficient (Wildman–Crippen LogP) is 1.40. The van der Waals surface area contributed by atoms with E-state index in [0.29, 0.717) is 11.4 Å². The van der Waals surface area contributed by atoms with Crippen molar-refractivity contribution in [2.45, 2.75) is 45.4 Å². The largest absolute Gasteiger partial charge is 0.385 e. The van der Waals surface area contributed by atoms with E-state index in [4.69, 9.17) is 10.6 Å². The molecule has 0 saturated heterocycles. The van der Waals surface area contributed by atoms with E-state index in [-0.39, 0.29) is 0 Å². The van der Waals surface area contributed by atoms with E-state index in [2.05, 4.69) is 22.7 Å². The minimum Gasteiger partial charge on any atom is -0.385 e. The number of aliphatic imine (C=N–C) groups is 1. The summed E-state index contributed by atoms with van der Waals surface area (Å²) < 4.78 is 5.00. The van der Waals surface area contributed by atoms with E-state index in [0.717, 1.165) is 26.1 Å². The number of nitrogens with zero attached hydrogens (tertiary/aromatic N) is 1. The molecular weight excluding hydrogens is 228 g/mol. The molecule has 1 saturated carbocycles. The van der Waals surface area contributed by atoms with Crippen LogP contribution in [0.2, 0.25) is 0 Å². The molecule has 0 spiro atoms. The van der Waals surface area contributed by atoms with E-state index < -0.39 is 0 Å². The molecule has 0 aliphatic heterocycles. The van der Waals surface area contributed by atoms with Crippen molar-refractivity contribution in [3.8, 4) is 0 Å². The van der Waals surface area contributed by atoms with Gasteiger partial charge in [-0.2, -0.15) is 0 Å². The lowest BCUT2D eigenvalue weighted by molar-refractivity contribution is 0.195. The van der Waals surface area contributed by atoms with Crippen LogP contribution in [0.5, 0.6) is 0 Å². The van der Waals surface area contributed by atoms with Gasteiger partial charge in [-0.1, -0.05) is 19.8 Å². The van der Waals surface area contributed by atoms with Crippen molar-refractivity contribution in [2.24, 2.45) is 16.3 Å². The minimum atomic E-state index is 0.413. The third-order valence-corrected chi connectivity index (χ3v) is 3.94. The van der Waals surface area contributed by atoms with Crippen molar-refractivity contribution < 1.29 is 4.74 Å². The lowest BCUT2D eigenvalue weighted by atomic mass is 9.84. The molecule has 0 atom stereocenters. The molecule has 4 N–H and O–H groups in total. The molecule has 0 aromatic rings. The first-order chi connectivity index (χ1) is 8.76. The number of methoxy groups -OCH3 is 1. The van der Waals surface area contributed by atoms with Gasteiger partial charge < -0.3 is 10.1 Å². The molecule has 18 heavy (non-hydrogen) atoms. The SMILES string of the molecule is CCC1(CN=C(NN)NCCCOC)CCCC1. The van der Waals surface area contributed by atoms with Crippen LogP contribution in [0.15, 0.2) is 4.99 Å². The number of ether oxygens (including phenoxy) is 1. The van der Waals surface area contributed by atoms with Gasteiger partial charge >= 0.3 is 0 Å². The first-order valence-electron chi connectivity index (χ1n) is 7.00. The summed E-state index contributed by atoms with van der Waals surface area (Å²) in [6.07, 6.45) is 7.45. The van der Waals surface area contributed by atoms with Gasteiger partial charge in [0.1, 0.15) is 0 Å². The summed E-state index contributed by atoms with van der Waals surface area (Å²) in [7, 11) is 1.71. The average molecular weight is 256 g/mol. The second-order valence-corrected chi connectivity index (χ2v) is 5.14. The fourth-order valence-electron chi connectivity index (χ4n) is 2.57. The van der Waals surface area contributed by atoms with Crippen molar-refractivity contribution in [3.05, 3.63) is 0 Å². The van der Waals surface area contributed by atoms with Gasteiger partial charge in [0.15, 0.2) is 0 Å². The zero-order valence-corrected chi connectivity index (χ0v) is 11.8. The van der Waals surface area contributed by atoms with E-state index >= 15 is 0 Å². The van der Waals surface area contributed by atoms with E-state index in [1.807, 2.05) is 0 Å². The molecule has 0 bridgehead atoms. The Morgan fingerprint density at radius 3 is 2.67 bits per heavy atom. The van der Waals surface area contributed by atoms with Gasteiger partial charge in [-0.3, -0.25) is 10.4 Å². The fourth-order valence-corrected chi connectivity index (χ4v) is 2.57. The van der Waals surface area contributed by atoms with Gasteiger partial charge in [-0.05, 0) is 31.1 Å². The minimum absolute atomic E-state index is 0.413. The van der Waals surface area contributed by atoms with E-state index in [9.17, 15) is 0 Å². The van der Waals surface area contributed by atoms with Gasteiger partial charge in [0.25, 0.3) is 0 Å². The van der Waals surface area contributed by atoms with Gasteiger partial charge in [0, 0.05) is 26.8 Å². The van der Waals surface area contributed by atoms with Gasteiger partial charge in [-0.25, -0.2) is 5.84 Å². The van der Waals surface area contributed by atoms with E-state index in [1.165, 1.54) is 32.1 Å². The number of nitrogens with two attached hydrogens (primary N) is 1. The highest BCUT2D eigenvalue weighted by atomic mass is 16.5. The molecule has 1 aliphatic carbocycles. The topological polar surface area (TPSA) is 71.7 Å². The van der Waals surface area contributed by atoms with Gasteiger partial charge in [-0.15, -0.1) is 0 Å². The van der Waals surface area contributed by atoms with Crippen molar-refractivity contribution in [3.63, 3.8) is 0 Å². The molecule has 106 valence electrons.